The first-order valence-corrected chi connectivity index (χ1v) is 8.10. The molecule has 5 heteroatoms. The Morgan fingerprint density at radius 3 is 2.54 bits per heavy atom. The Labute approximate surface area is 139 Å². The van der Waals surface area contributed by atoms with E-state index in [0.29, 0.717) is 6.42 Å². The van der Waals surface area contributed by atoms with Gasteiger partial charge in [0.1, 0.15) is 5.82 Å². The lowest BCUT2D eigenvalue weighted by atomic mass is 9.98. The molecule has 1 N–H and O–H groups in total. The van der Waals surface area contributed by atoms with Gasteiger partial charge in [-0.15, -0.1) is 0 Å². The number of rotatable bonds is 3. The molecule has 0 saturated heterocycles. The molecule has 0 spiro atoms. The summed E-state index contributed by atoms with van der Waals surface area (Å²) in [5, 5.41) is 2.92. The number of hydrogen-bond acceptors (Lipinski definition) is 2. The maximum Gasteiger partial charge on any atom is 0.228 e. The van der Waals surface area contributed by atoms with Crippen molar-refractivity contribution in [3.8, 4) is 0 Å². The molecular weight excluding hydrogens is 307 g/mol. The Morgan fingerprint density at radius 2 is 1.79 bits per heavy atom. The van der Waals surface area contributed by atoms with Crippen LogP contribution in [0, 0.1) is 5.82 Å². The van der Waals surface area contributed by atoms with Crippen LogP contribution in [-0.4, -0.2) is 18.4 Å². The summed E-state index contributed by atoms with van der Waals surface area (Å²) in [5.41, 5.74) is 4.84. The summed E-state index contributed by atoms with van der Waals surface area (Å²) >= 11 is 0. The summed E-state index contributed by atoms with van der Waals surface area (Å²) in [5.74, 6) is -0.249. The van der Waals surface area contributed by atoms with Crippen molar-refractivity contribution in [2.75, 3.05) is 16.8 Å². The van der Waals surface area contributed by atoms with Crippen molar-refractivity contribution in [1.29, 1.82) is 0 Å². The molecule has 0 unspecified atom stereocenters. The van der Waals surface area contributed by atoms with Crippen LogP contribution >= 0.6 is 0 Å². The van der Waals surface area contributed by atoms with Crippen molar-refractivity contribution in [2.24, 2.45) is 0 Å². The highest BCUT2D eigenvalue weighted by Gasteiger charge is 2.31. The molecule has 0 aliphatic carbocycles. The predicted molar refractivity (Wildman–Crippen MR) is 89.6 cm³/mol. The lowest BCUT2D eigenvalue weighted by Crippen LogP contribution is -2.32. The molecule has 0 atom stereocenters. The zero-order valence-electron chi connectivity index (χ0n) is 13.1. The van der Waals surface area contributed by atoms with E-state index in [2.05, 4.69) is 5.32 Å². The third-order valence-corrected chi connectivity index (χ3v) is 4.61. The van der Waals surface area contributed by atoms with Crippen LogP contribution in [0.4, 0.5) is 15.8 Å². The fourth-order valence-electron chi connectivity index (χ4n) is 3.52. The minimum Gasteiger partial charge on any atom is -0.326 e. The highest BCUT2D eigenvalue weighted by atomic mass is 19.1. The number of carbonyl (C=O) groups is 2. The quantitative estimate of drug-likeness (QED) is 0.944. The van der Waals surface area contributed by atoms with Gasteiger partial charge in [0.05, 0.1) is 12.1 Å². The maximum absolute atomic E-state index is 12.9. The van der Waals surface area contributed by atoms with Gasteiger partial charge in [-0.3, -0.25) is 9.59 Å². The van der Waals surface area contributed by atoms with Crippen LogP contribution in [0.25, 0.3) is 0 Å². The Balaban J connectivity index is 1.52. The number of aryl methyl sites for hydroxylation is 1. The fraction of sp³-hybridized carbons (Fsp3) is 0.263. The van der Waals surface area contributed by atoms with Crippen LogP contribution in [-0.2, 0) is 28.9 Å². The molecule has 2 heterocycles. The van der Waals surface area contributed by atoms with E-state index in [4.69, 9.17) is 0 Å². The van der Waals surface area contributed by atoms with E-state index in [0.717, 1.165) is 47.5 Å². The number of anilines is 2. The summed E-state index contributed by atoms with van der Waals surface area (Å²) in [6.07, 6.45) is 2.28. The molecule has 0 saturated carbocycles. The van der Waals surface area contributed by atoms with Crippen molar-refractivity contribution in [3.63, 3.8) is 0 Å². The molecule has 122 valence electrons. The highest BCUT2D eigenvalue weighted by molar-refractivity contribution is 6.00. The van der Waals surface area contributed by atoms with Gasteiger partial charge in [0, 0.05) is 18.7 Å². The van der Waals surface area contributed by atoms with Crippen LogP contribution in [0.5, 0.6) is 0 Å². The lowest BCUT2D eigenvalue weighted by molar-refractivity contribution is -0.119. The normalized spacial score (nSPS) is 15.4. The second-order valence-corrected chi connectivity index (χ2v) is 6.29. The molecular formula is C19H17FN2O2. The van der Waals surface area contributed by atoms with Crippen molar-refractivity contribution in [3.05, 3.63) is 58.9 Å². The molecule has 4 rings (SSSR count). The molecule has 24 heavy (non-hydrogen) atoms. The van der Waals surface area contributed by atoms with Crippen LogP contribution < -0.4 is 10.2 Å². The SMILES string of the molecule is O=C(Cc1ccc(F)cc1)Nc1cc2c3c(c1)CCN3C(=O)CC2. The summed E-state index contributed by atoms with van der Waals surface area (Å²) in [6, 6.07) is 9.86. The van der Waals surface area contributed by atoms with Gasteiger partial charge in [-0.05, 0) is 53.8 Å². The smallest absolute Gasteiger partial charge is 0.228 e. The first-order chi connectivity index (χ1) is 11.6. The largest absolute Gasteiger partial charge is 0.326 e. The number of nitrogens with one attached hydrogen (secondary N) is 1. The number of carbonyl (C=O) groups excluding carboxylic acids is 2. The first kappa shape index (κ1) is 14.9. The molecule has 4 nitrogen and oxygen atoms in total. The zero-order valence-corrected chi connectivity index (χ0v) is 13.1. The second-order valence-electron chi connectivity index (χ2n) is 6.29. The second kappa shape index (κ2) is 5.74. The van der Waals surface area contributed by atoms with E-state index in [1.54, 1.807) is 12.1 Å². The standard InChI is InChI=1S/C19H17FN2O2/c20-15-4-1-12(2-5-15)9-17(23)21-16-10-13-3-6-18(24)22-8-7-14(11-16)19(13)22/h1-2,4-5,10-11H,3,6-9H2,(H,21,23). The molecule has 0 aromatic heterocycles. The van der Waals surface area contributed by atoms with Crippen LogP contribution in [0.1, 0.15) is 23.1 Å². The van der Waals surface area contributed by atoms with Crippen molar-refractivity contribution >= 4 is 23.2 Å². The topological polar surface area (TPSA) is 49.4 Å². The molecule has 2 aromatic carbocycles. The average Bonchev–Trinajstić information content (AvgIpc) is 2.98. The summed E-state index contributed by atoms with van der Waals surface area (Å²) in [7, 11) is 0. The predicted octanol–water partition coefficient (Wildman–Crippen LogP) is 2.84. The Morgan fingerprint density at radius 1 is 1.08 bits per heavy atom. The monoisotopic (exact) mass is 324 g/mol. The Bertz CT molecular complexity index is 830. The van der Waals surface area contributed by atoms with Crippen molar-refractivity contribution in [1.82, 2.24) is 0 Å². The van der Waals surface area contributed by atoms with Gasteiger partial charge in [0.25, 0.3) is 0 Å². The van der Waals surface area contributed by atoms with Gasteiger partial charge in [-0.1, -0.05) is 12.1 Å². The van der Waals surface area contributed by atoms with E-state index in [1.807, 2.05) is 17.0 Å². The van der Waals surface area contributed by atoms with E-state index in [1.165, 1.54) is 12.1 Å². The highest BCUT2D eigenvalue weighted by Crippen LogP contribution is 2.38. The fourth-order valence-corrected chi connectivity index (χ4v) is 3.52. The van der Waals surface area contributed by atoms with Gasteiger partial charge in [-0.2, -0.15) is 0 Å². The lowest BCUT2D eigenvalue weighted by Gasteiger charge is -2.25. The average molecular weight is 324 g/mol. The Hall–Kier alpha value is -2.69. The van der Waals surface area contributed by atoms with Gasteiger partial charge < -0.3 is 10.2 Å². The summed E-state index contributed by atoms with van der Waals surface area (Å²) in [4.78, 5) is 26.0. The summed E-state index contributed by atoms with van der Waals surface area (Å²) < 4.78 is 12.9. The Kier molecular flexibility index (Phi) is 3.56. The molecule has 2 aromatic rings. The molecule has 2 aliphatic rings. The molecule has 0 fully saturated rings. The third-order valence-electron chi connectivity index (χ3n) is 4.61. The number of halogens is 1. The number of nitrogens with zero attached hydrogens (tertiary/aromatic N) is 1. The van der Waals surface area contributed by atoms with Gasteiger partial charge in [0.2, 0.25) is 11.8 Å². The van der Waals surface area contributed by atoms with Crippen LogP contribution in [0.15, 0.2) is 36.4 Å². The van der Waals surface area contributed by atoms with Crippen LogP contribution in [0.2, 0.25) is 0 Å². The molecule has 0 radical (unpaired) electrons. The van der Waals surface area contributed by atoms with Gasteiger partial charge >= 0.3 is 0 Å². The van der Waals surface area contributed by atoms with Gasteiger partial charge in [0.15, 0.2) is 0 Å². The number of amides is 2. The molecule has 2 amide bonds. The molecule has 0 bridgehead atoms. The number of benzene rings is 2. The van der Waals surface area contributed by atoms with Crippen LogP contribution in [0.3, 0.4) is 0 Å². The maximum atomic E-state index is 12.9. The first-order valence-electron chi connectivity index (χ1n) is 8.10. The van der Waals surface area contributed by atoms with E-state index >= 15 is 0 Å². The van der Waals surface area contributed by atoms with Crippen molar-refractivity contribution in [2.45, 2.75) is 25.7 Å². The van der Waals surface area contributed by atoms with E-state index < -0.39 is 0 Å². The van der Waals surface area contributed by atoms with E-state index in [9.17, 15) is 14.0 Å². The van der Waals surface area contributed by atoms with E-state index in [-0.39, 0.29) is 24.1 Å². The van der Waals surface area contributed by atoms with Crippen molar-refractivity contribution < 1.29 is 14.0 Å². The minimum absolute atomic E-state index is 0.129. The molecule has 2 aliphatic heterocycles. The number of hydrogen-bond donors (Lipinski definition) is 1. The summed E-state index contributed by atoms with van der Waals surface area (Å²) in [6.45, 7) is 0.730. The minimum atomic E-state index is -0.309. The zero-order chi connectivity index (χ0) is 16.7. The van der Waals surface area contributed by atoms with Gasteiger partial charge in [-0.25, -0.2) is 4.39 Å². The third kappa shape index (κ3) is 2.66.